The van der Waals surface area contributed by atoms with Gasteiger partial charge in [0.1, 0.15) is 0 Å². The molecule has 33 heavy (non-hydrogen) atoms. The summed E-state index contributed by atoms with van der Waals surface area (Å²) in [5, 5.41) is 5.87. The normalized spacial score (nSPS) is 14.9. The zero-order chi connectivity index (χ0) is 24.1. The third-order valence-electron chi connectivity index (χ3n) is 5.43. The molecule has 0 unspecified atom stereocenters. The largest absolute Gasteiger partial charge is 0.416 e. The van der Waals surface area contributed by atoms with Gasteiger partial charge in [-0.1, -0.05) is 31.5 Å². The summed E-state index contributed by atoms with van der Waals surface area (Å²) in [7, 11) is -3.69. The molecule has 0 saturated carbocycles. The van der Waals surface area contributed by atoms with Gasteiger partial charge in [0.05, 0.1) is 28.3 Å². The van der Waals surface area contributed by atoms with Gasteiger partial charge in [-0.3, -0.25) is 4.79 Å². The molecule has 0 spiro atoms. The molecule has 180 valence electrons. The highest BCUT2D eigenvalue weighted by Crippen LogP contribution is 2.31. The molecule has 2 N–H and O–H groups in total. The number of carbonyl (C=O) groups is 1. The Bertz CT molecular complexity index is 1080. The van der Waals surface area contributed by atoms with Crippen molar-refractivity contribution in [2.24, 2.45) is 0 Å². The molecule has 1 fully saturated rings. The number of amides is 1. The molecule has 0 bridgehead atoms. The van der Waals surface area contributed by atoms with Crippen LogP contribution in [0.3, 0.4) is 0 Å². The van der Waals surface area contributed by atoms with E-state index in [0.29, 0.717) is 25.3 Å². The van der Waals surface area contributed by atoms with Gasteiger partial charge in [-0.15, -0.1) is 0 Å². The van der Waals surface area contributed by atoms with E-state index in [4.69, 9.17) is 0 Å². The molecule has 1 aliphatic heterocycles. The lowest BCUT2D eigenvalue weighted by molar-refractivity contribution is -0.137. The van der Waals surface area contributed by atoms with Crippen LogP contribution in [0.15, 0.2) is 47.4 Å². The first-order valence-electron chi connectivity index (χ1n) is 11.0. The lowest BCUT2D eigenvalue weighted by Gasteiger charge is -2.18. The predicted octanol–water partition coefficient (Wildman–Crippen LogP) is 4.88. The number of hydrogen-bond acceptors (Lipinski definition) is 4. The van der Waals surface area contributed by atoms with Crippen molar-refractivity contribution in [1.82, 2.24) is 4.31 Å². The van der Waals surface area contributed by atoms with E-state index in [1.54, 1.807) is 6.07 Å². The average Bonchev–Trinajstić information content (AvgIpc) is 3.30. The summed E-state index contributed by atoms with van der Waals surface area (Å²) in [5.41, 5.74) is 0.224. The maximum atomic E-state index is 13.0. The van der Waals surface area contributed by atoms with Crippen molar-refractivity contribution in [3.8, 4) is 0 Å². The lowest BCUT2D eigenvalue weighted by Crippen LogP contribution is -2.28. The van der Waals surface area contributed by atoms with Crippen molar-refractivity contribution >= 4 is 27.3 Å². The number of hydrogen-bond donors (Lipinski definition) is 2. The zero-order valence-electron chi connectivity index (χ0n) is 18.4. The fraction of sp³-hybridized carbons (Fsp3) is 0.435. The van der Waals surface area contributed by atoms with Crippen molar-refractivity contribution in [3.63, 3.8) is 0 Å². The summed E-state index contributed by atoms with van der Waals surface area (Å²) < 4.78 is 66.2. The van der Waals surface area contributed by atoms with E-state index >= 15 is 0 Å². The van der Waals surface area contributed by atoms with E-state index in [1.165, 1.54) is 28.6 Å². The van der Waals surface area contributed by atoms with Gasteiger partial charge in [0, 0.05) is 19.6 Å². The third kappa shape index (κ3) is 6.48. The lowest BCUT2D eigenvalue weighted by atomic mass is 10.1. The SMILES string of the molecule is CCCCNc1ccc(S(=O)(=O)N2CCCC2)cc1NC(=O)Cc1cccc(C(F)(F)F)c1. The monoisotopic (exact) mass is 483 g/mol. The second kappa shape index (κ2) is 10.6. The van der Waals surface area contributed by atoms with Crippen molar-refractivity contribution in [1.29, 1.82) is 0 Å². The molecule has 1 saturated heterocycles. The highest BCUT2D eigenvalue weighted by Gasteiger charge is 2.31. The Labute approximate surface area is 192 Å². The number of benzene rings is 2. The van der Waals surface area contributed by atoms with Gasteiger partial charge in [0.2, 0.25) is 15.9 Å². The van der Waals surface area contributed by atoms with Crippen molar-refractivity contribution in [2.45, 2.75) is 50.1 Å². The fourth-order valence-corrected chi connectivity index (χ4v) is 5.20. The van der Waals surface area contributed by atoms with E-state index in [2.05, 4.69) is 10.6 Å². The number of halogens is 3. The van der Waals surface area contributed by atoms with E-state index in [9.17, 15) is 26.4 Å². The molecule has 0 aromatic heterocycles. The maximum absolute atomic E-state index is 13.0. The molecule has 0 radical (unpaired) electrons. The molecule has 1 amide bonds. The van der Waals surface area contributed by atoms with E-state index in [0.717, 1.165) is 37.8 Å². The molecule has 1 heterocycles. The number of rotatable bonds is 9. The number of alkyl halides is 3. The standard InChI is InChI=1S/C23H28F3N3O3S/c1-2-3-11-27-20-10-9-19(33(31,32)29-12-4-5-13-29)16-21(20)28-22(30)15-17-7-6-8-18(14-17)23(24,25)26/h6-10,14,16,27H,2-5,11-13,15H2,1H3,(H,28,30). The molecule has 2 aromatic rings. The van der Waals surface area contributed by atoms with Crippen LogP contribution in [-0.4, -0.2) is 38.3 Å². The summed E-state index contributed by atoms with van der Waals surface area (Å²) in [6, 6.07) is 9.11. The minimum absolute atomic E-state index is 0.0693. The highest BCUT2D eigenvalue weighted by molar-refractivity contribution is 7.89. The fourth-order valence-electron chi connectivity index (χ4n) is 3.66. The van der Waals surface area contributed by atoms with Crippen LogP contribution in [0.5, 0.6) is 0 Å². The summed E-state index contributed by atoms with van der Waals surface area (Å²) in [5.74, 6) is -0.538. The zero-order valence-corrected chi connectivity index (χ0v) is 19.2. The average molecular weight is 484 g/mol. The Kier molecular flexibility index (Phi) is 8.01. The van der Waals surface area contributed by atoms with Crippen molar-refractivity contribution < 1.29 is 26.4 Å². The molecular formula is C23H28F3N3O3S. The minimum atomic E-state index is -4.50. The molecule has 10 heteroatoms. The first-order chi connectivity index (χ1) is 15.6. The van der Waals surface area contributed by atoms with Gasteiger partial charge in [-0.05, 0) is 49.1 Å². The second-order valence-corrected chi connectivity index (χ2v) is 9.96. The van der Waals surface area contributed by atoms with Crippen LogP contribution in [0, 0.1) is 0 Å². The summed E-state index contributed by atoms with van der Waals surface area (Å²) >= 11 is 0. The Hall–Kier alpha value is -2.59. The smallest absolute Gasteiger partial charge is 0.383 e. The Morgan fingerprint density at radius 2 is 1.79 bits per heavy atom. The van der Waals surface area contributed by atoms with Gasteiger partial charge < -0.3 is 10.6 Å². The van der Waals surface area contributed by atoms with E-state index in [-0.39, 0.29) is 22.6 Å². The van der Waals surface area contributed by atoms with Crippen LogP contribution in [0.25, 0.3) is 0 Å². The van der Waals surface area contributed by atoms with Crippen LogP contribution < -0.4 is 10.6 Å². The number of carbonyl (C=O) groups excluding carboxylic acids is 1. The van der Waals surface area contributed by atoms with Gasteiger partial charge in [0.25, 0.3) is 0 Å². The first kappa shape index (κ1) is 25.0. The van der Waals surface area contributed by atoms with Gasteiger partial charge in [0.15, 0.2) is 0 Å². The second-order valence-electron chi connectivity index (χ2n) is 8.02. The summed E-state index contributed by atoms with van der Waals surface area (Å²) in [4.78, 5) is 12.7. The Morgan fingerprint density at radius 3 is 2.45 bits per heavy atom. The predicted molar refractivity (Wildman–Crippen MR) is 122 cm³/mol. The van der Waals surface area contributed by atoms with Crippen molar-refractivity contribution in [3.05, 3.63) is 53.6 Å². The van der Waals surface area contributed by atoms with E-state index in [1.807, 2.05) is 6.92 Å². The van der Waals surface area contributed by atoms with Gasteiger partial charge in [-0.2, -0.15) is 17.5 Å². The van der Waals surface area contributed by atoms with Gasteiger partial charge in [-0.25, -0.2) is 8.42 Å². The number of unbranched alkanes of at least 4 members (excludes halogenated alkanes) is 1. The topological polar surface area (TPSA) is 78.5 Å². The minimum Gasteiger partial charge on any atom is -0.383 e. The summed E-state index contributed by atoms with van der Waals surface area (Å²) in [6.45, 7) is 3.57. The molecule has 2 aromatic carbocycles. The maximum Gasteiger partial charge on any atom is 0.416 e. The first-order valence-corrected chi connectivity index (χ1v) is 12.4. The molecule has 1 aliphatic rings. The Balaban J connectivity index is 1.83. The third-order valence-corrected chi connectivity index (χ3v) is 7.33. The number of sulfonamides is 1. The molecule has 6 nitrogen and oxygen atoms in total. The number of nitrogens with zero attached hydrogens (tertiary/aromatic N) is 1. The Morgan fingerprint density at radius 1 is 1.06 bits per heavy atom. The van der Waals surface area contributed by atoms with Crippen LogP contribution >= 0.6 is 0 Å². The highest BCUT2D eigenvalue weighted by atomic mass is 32.2. The molecule has 0 atom stereocenters. The molecule has 0 aliphatic carbocycles. The van der Waals surface area contributed by atoms with Crippen LogP contribution in [0.1, 0.15) is 43.7 Å². The van der Waals surface area contributed by atoms with Crippen LogP contribution in [0.2, 0.25) is 0 Å². The quantitative estimate of drug-likeness (QED) is 0.498. The van der Waals surface area contributed by atoms with Crippen LogP contribution in [0.4, 0.5) is 24.5 Å². The van der Waals surface area contributed by atoms with E-state index < -0.39 is 27.7 Å². The molecule has 3 rings (SSSR count). The summed E-state index contributed by atoms with van der Waals surface area (Å²) in [6.07, 6.45) is -1.34. The van der Waals surface area contributed by atoms with Gasteiger partial charge >= 0.3 is 6.18 Å². The number of nitrogens with one attached hydrogen (secondary N) is 2. The van der Waals surface area contributed by atoms with Crippen molar-refractivity contribution in [2.75, 3.05) is 30.3 Å². The number of anilines is 2. The molecular weight excluding hydrogens is 455 g/mol. The van der Waals surface area contributed by atoms with Crippen LogP contribution in [-0.2, 0) is 27.4 Å².